The van der Waals surface area contributed by atoms with E-state index in [1.807, 2.05) is 29.0 Å². The van der Waals surface area contributed by atoms with E-state index in [-0.39, 0.29) is 12.5 Å². The Morgan fingerprint density at radius 3 is 3.00 bits per heavy atom. The monoisotopic (exact) mass is 388 g/mol. The molecule has 1 amide bonds. The molecule has 1 aromatic heterocycles. The van der Waals surface area contributed by atoms with Gasteiger partial charge in [-0.05, 0) is 54.6 Å². The fraction of sp³-hybridized carbons (Fsp3) is 0.526. The van der Waals surface area contributed by atoms with Crippen LogP contribution in [0.5, 0.6) is 0 Å². The highest BCUT2D eigenvalue weighted by atomic mass is 79.9. The average Bonchev–Trinajstić information content (AvgIpc) is 3.39. The molecule has 0 bridgehead atoms. The van der Waals surface area contributed by atoms with Crippen molar-refractivity contribution in [2.75, 3.05) is 13.2 Å². The van der Waals surface area contributed by atoms with E-state index in [0.717, 1.165) is 27.8 Å². The third-order valence-corrected chi connectivity index (χ3v) is 7.30. The van der Waals surface area contributed by atoms with Crippen LogP contribution in [0.15, 0.2) is 28.9 Å². The number of aliphatic hydroxyl groups excluding tert-OH is 1. The van der Waals surface area contributed by atoms with Crippen LogP contribution in [-0.4, -0.2) is 28.7 Å². The normalized spacial score (nSPS) is 32.5. The third kappa shape index (κ3) is 1.91. The molecule has 24 heavy (non-hydrogen) atoms. The molecule has 1 aromatic carbocycles. The number of carbonyl (C=O) groups excluding carboxylic acids is 1. The van der Waals surface area contributed by atoms with Crippen LogP contribution in [0.2, 0.25) is 0 Å². The van der Waals surface area contributed by atoms with Crippen LogP contribution >= 0.6 is 15.9 Å². The molecule has 3 saturated carbocycles. The standard InChI is InChI=1S/C19H21BrN2O2/c20-13-1-2-14-15(9-22(5-6-23)16(14)7-13)17(24)21-11-18-4-3-12-8-19(12,18)10-18/h1-2,7,9,12,23H,3-6,8,10-11H2,(H,21,24). The summed E-state index contributed by atoms with van der Waals surface area (Å²) in [6, 6.07) is 5.94. The number of halogens is 1. The van der Waals surface area contributed by atoms with Gasteiger partial charge in [-0.15, -0.1) is 0 Å². The van der Waals surface area contributed by atoms with E-state index in [9.17, 15) is 9.90 Å². The van der Waals surface area contributed by atoms with Crippen LogP contribution < -0.4 is 5.32 Å². The van der Waals surface area contributed by atoms with Crippen molar-refractivity contribution in [3.8, 4) is 0 Å². The molecule has 0 aliphatic heterocycles. The van der Waals surface area contributed by atoms with E-state index >= 15 is 0 Å². The number of fused-ring (bicyclic) bond motifs is 1. The Morgan fingerprint density at radius 2 is 2.33 bits per heavy atom. The topological polar surface area (TPSA) is 54.3 Å². The first kappa shape index (κ1) is 15.0. The first-order valence-electron chi connectivity index (χ1n) is 8.76. The van der Waals surface area contributed by atoms with E-state index in [1.165, 1.54) is 25.7 Å². The Morgan fingerprint density at radius 1 is 1.46 bits per heavy atom. The number of amides is 1. The van der Waals surface area contributed by atoms with Crippen molar-refractivity contribution < 1.29 is 9.90 Å². The summed E-state index contributed by atoms with van der Waals surface area (Å²) in [5, 5.41) is 13.4. The zero-order valence-electron chi connectivity index (χ0n) is 13.5. The number of aromatic nitrogens is 1. The Kier molecular flexibility index (Phi) is 3.03. The zero-order chi connectivity index (χ0) is 16.5. The minimum atomic E-state index is 0.0135. The van der Waals surface area contributed by atoms with Crippen LogP contribution in [-0.2, 0) is 6.54 Å². The second-order valence-electron chi connectivity index (χ2n) is 7.86. The van der Waals surface area contributed by atoms with Gasteiger partial charge < -0.3 is 15.0 Å². The number of rotatable bonds is 5. The number of carbonyl (C=O) groups is 1. The molecule has 0 radical (unpaired) electrons. The predicted octanol–water partition coefficient (Wildman–Crippen LogP) is 3.32. The molecule has 3 aliphatic rings. The molecule has 5 heteroatoms. The summed E-state index contributed by atoms with van der Waals surface area (Å²) in [6.45, 7) is 1.38. The molecule has 126 valence electrons. The van der Waals surface area contributed by atoms with Gasteiger partial charge in [0.1, 0.15) is 0 Å². The fourth-order valence-corrected chi connectivity index (χ4v) is 5.73. The van der Waals surface area contributed by atoms with Crippen molar-refractivity contribution in [1.82, 2.24) is 9.88 Å². The maximum Gasteiger partial charge on any atom is 0.253 e. The summed E-state index contributed by atoms with van der Waals surface area (Å²) in [6.07, 6.45) is 7.24. The van der Waals surface area contributed by atoms with E-state index in [1.54, 1.807) is 0 Å². The van der Waals surface area contributed by atoms with Gasteiger partial charge in [0, 0.05) is 29.1 Å². The highest BCUT2D eigenvalue weighted by Crippen LogP contribution is 2.88. The van der Waals surface area contributed by atoms with Gasteiger partial charge in [-0.25, -0.2) is 0 Å². The lowest BCUT2D eigenvalue weighted by molar-refractivity contribution is 0.0944. The van der Waals surface area contributed by atoms with E-state index in [0.29, 0.717) is 22.9 Å². The molecule has 3 atom stereocenters. The van der Waals surface area contributed by atoms with Gasteiger partial charge in [-0.1, -0.05) is 22.0 Å². The Balaban J connectivity index is 1.40. The molecule has 2 N–H and O–H groups in total. The molecule has 0 saturated heterocycles. The molecule has 4 nitrogen and oxygen atoms in total. The SMILES string of the molecule is O=C(NCC12CCC3CC31C2)c1cn(CCO)c2cc(Br)ccc12. The molecule has 1 heterocycles. The van der Waals surface area contributed by atoms with Gasteiger partial charge in [0.2, 0.25) is 0 Å². The molecule has 5 rings (SSSR count). The lowest BCUT2D eigenvalue weighted by Crippen LogP contribution is -2.30. The number of nitrogens with one attached hydrogen (secondary N) is 1. The minimum absolute atomic E-state index is 0.0135. The lowest BCUT2D eigenvalue weighted by Gasteiger charge is -2.14. The Labute approximate surface area is 149 Å². The highest BCUT2D eigenvalue weighted by Gasteiger charge is 2.82. The summed E-state index contributed by atoms with van der Waals surface area (Å²) in [5.74, 6) is 0.970. The van der Waals surface area contributed by atoms with Crippen LogP contribution in [0, 0.1) is 16.7 Å². The third-order valence-electron chi connectivity index (χ3n) is 6.81. The lowest BCUT2D eigenvalue weighted by atomic mass is 10.0. The second-order valence-corrected chi connectivity index (χ2v) is 8.77. The maximum absolute atomic E-state index is 12.8. The molecule has 2 aromatic rings. The quantitative estimate of drug-likeness (QED) is 0.825. The molecular weight excluding hydrogens is 368 g/mol. The van der Waals surface area contributed by atoms with Gasteiger partial charge in [-0.3, -0.25) is 4.79 Å². The molecule has 3 unspecified atom stereocenters. The van der Waals surface area contributed by atoms with Gasteiger partial charge in [0.15, 0.2) is 0 Å². The van der Waals surface area contributed by atoms with Crippen molar-refractivity contribution >= 4 is 32.7 Å². The second kappa shape index (κ2) is 4.85. The highest BCUT2D eigenvalue weighted by molar-refractivity contribution is 9.10. The van der Waals surface area contributed by atoms with Crippen molar-refractivity contribution in [3.63, 3.8) is 0 Å². The van der Waals surface area contributed by atoms with E-state index in [2.05, 4.69) is 21.2 Å². The van der Waals surface area contributed by atoms with Gasteiger partial charge >= 0.3 is 0 Å². The number of nitrogens with zero attached hydrogens (tertiary/aromatic N) is 1. The largest absolute Gasteiger partial charge is 0.395 e. The van der Waals surface area contributed by atoms with Crippen LogP contribution in [0.1, 0.15) is 36.0 Å². The predicted molar refractivity (Wildman–Crippen MR) is 95.9 cm³/mol. The summed E-state index contributed by atoms with van der Waals surface area (Å²) in [4.78, 5) is 12.8. The molecular formula is C19H21BrN2O2. The van der Waals surface area contributed by atoms with E-state index < -0.39 is 0 Å². The summed E-state index contributed by atoms with van der Waals surface area (Å²) in [5.41, 5.74) is 2.73. The Bertz CT molecular complexity index is 854. The van der Waals surface area contributed by atoms with Crippen LogP contribution in [0.4, 0.5) is 0 Å². The molecule has 3 fully saturated rings. The first-order chi connectivity index (χ1) is 11.6. The molecule has 3 aliphatic carbocycles. The van der Waals surface area contributed by atoms with Gasteiger partial charge in [0.05, 0.1) is 17.7 Å². The Hall–Kier alpha value is -1.33. The number of aliphatic hydroxyl groups is 1. The zero-order valence-corrected chi connectivity index (χ0v) is 15.1. The summed E-state index contributed by atoms with van der Waals surface area (Å²) < 4.78 is 2.93. The smallest absolute Gasteiger partial charge is 0.253 e. The van der Waals surface area contributed by atoms with Crippen molar-refractivity contribution in [3.05, 3.63) is 34.4 Å². The van der Waals surface area contributed by atoms with Crippen molar-refractivity contribution in [1.29, 1.82) is 0 Å². The average molecular weight is 389 g/mol. The summed E-state index contributed by atoms with van der Waals surface area (Å²) >= 11 is 3.49. The number of hydrogen-bond acceptors (Lipinski definition) is 2. The maximum atomic E-state index is 12.8. The summed E-state index contributed by atoms with van der Waals surface area (Å²) in [7, 11) is 0. The van der Waals surface area contributed by atoms with Crippen molar-refractivity contribution in [2.24, 2.45) is 16.7 Å². The van der Waals surface area contributed by atoms with Gasteiger partial charge in [0.25, 0.3) is 5.91 Å². The number of hydrogen-bond donors (Lipinski definition) is 2. The van der Waals surface area contributed by atoms with Crippen LogP contribution in [0.25, 0.3) is 10.9 Å². The van der Waals surface area contributed by atoms with Crippen LogP contribution in [0.3, 0.4) is 0 Å². The van der Waals surface area contributed by atoms with Crippen molar-refractivity contribution in [2.45, 2.75) is 32.2 Å². The fourth-order valence-electron chi connectivity index (χ4n) is 5.38. The molecule has 1 spiro atoms. The van der Waals surface area contributed by atoms with Gasteiger partial charge in [-0.2, -0.15) is 0 Å². The minimum Gasteiger partial charge on any atom is -0.395 e. The number of benzene rings is 1. The first-order valence-corrected chi connectivity index (χ1v) is 9.55. The van der Waals surface area contributed by atoms with E-state index in [4.69, 9.17) is 0 Å².